The Morgan fingerprint density at radius 1 is 1.10 bits per heavy atom. The summed E-state index contributed by atoms with van der Waals surface area (Å²) in [6, 6.07) is 13.9. The molecule has 0 aliphatic rings. The average Bonchev–Trinajstić information content (AvgIpc) is 2.53. The summed E-state index contributed by atoms with van der Waals surface area (Å²) in [4.78, 5) is 0. The lowest BCUT2D eigenvalue weighted by Gasteiger charge is -2.13. The van der Waals surface area contributed by atoms with E-state index in [9.17, 15) is 9.65 Å². The molecule has 0 radical (unpaired) electrons. The smallest absolute Gasteiger partial charge is 0.123 e. The molecule has 0 amide bonds. The largest absolute Gasteiger partial charge is 0.497 e. The zero-order valence-electron chi connectivity index (χ0n) is 12.0. The van der Waals surface area contributed by atoms with Crippen LogP contribution in [0.2, 0.25) is 0 Å². The van der Waals surface area contributed by atoms with E-state index in [1.807, 2.05) is 24.3 Å². The summed E-state index contributed by atoms with van der Waals surface area (Å²) in [5, 5.41) is 9.38. The highest BCUT2D eigenvalue weighted by molar-refractivity contribution is 5.39. The van der Waals surface area contributed by atoms with Crippen molar-refractivity contribution in [3.05, 3.63) is 59.4 Å². The normalized spacial score (nSPS) is 11.5. The minimum Gasteiger partial charge on any atom is -0.497 e. The van der Waals surface area contributed by atoms with Gasteiger partial charge in [0.05, 0.1) is 26.2 Å². The van der Waals surface area contributed by atoms with Gasteiger partial charge >= 0.3 is 0 Å². The van der Waals surface area contributed by atoms with E-state index in [4.69, 9.17) is 9.47 Å². The van der Waals surface area contributed by atoms with E-state index in [1.165, 1.54) is 19.2 Å². The van der Waals surface area contributed by atoms with Gasteiger partial charge < -0.3 is 9.47 Å². The number of ether oxygens (including phenoxy) is 2. The van der Waals surface area contributed by atoms with Crippen LogP contribution < -0.4 is 9.47 Å². The molecule has 3 nitrogen and oxygen atoms in total. The average molecular weight is 285 g/mol. The summed E-state index contributed by atoms with van der Waals surface area (Å²) in [6.45, 7) is 0. The Balaban J connectivity index is 2.26. The van der Waals surface area contributed by atoms with Crippen molar-refractivity contribution in [1.82, 2.24) is 0 Å². The van der Waals surface area contributed by atoms with E-state index in [-0.39, 0.29) is 11.7 Å². The van der Waals surface area contributed by atoms with Gasteiger partial charge in [0.2, 0.25) is 0 Å². The van der Waals surface area contributed by atoms with Crippen molar-refractivity contribution in [3.8, 4) is 17.6 Å². The fourth-order valence-corrected chi connectivity index (χ4v) is 2.20. The van der Waals surface area contributed by atoms with Crippen molar-refractivity contribution in [2.45, 2.75) is 12.3 Å². The first-order valence-electron chi connectivity index (χ1n) is 6.54. The lowest BCUT2D eigenvalue weighted by molar-refractivity contribution is 0.407. The highest BCUT2D eigenvalue weighted by Gasteiger charge is 2.15. The summed E-state index contributed by atoms with van der Waals surface area (Å²) in [6.07, 6.45) is 0.393. The molecule has 108 valence electrons. The summed E-state index contributed by atoms with van der Waals surface area (Å²) in [7, 11) is 3.12. The summed E-state index contributed by atoms with van der Waals surface area (Å²) in [5.41, 5.74) is 1.55. The number of rotatable bonds is 5. The van der Waals surface area contributed by atoms with Gasteiger partial charge in [0.15, 0.2) is 0 Å². The number of hydrogen-bond donors (Lipinski definition) is 0. The van der Waals surface area contributed by atoms with Gasteiger partial charge in [-0.3, -0.25) is 0 Å². The quantitative estimate of drug-likeness (QED) is 0.841. The van der Waals surface area contributed by atoms with Crippen LogP contribution in [-0.4, -0.2) is 14.2 Å². The molecule has 0 aromatic heterocycles. The van der Waals surface area contributed by atoms with Gasteiger partial charge in [0.1, 0.15) is 17.3 Å². The van der Waals surface area contributed by atoms with Crippen LogP contribution in [0.15, 0.2) is 42.5 Å². The zero-order chi connectivity index (χ0) is 15.2. The van der Waals surface area contributed by atoms with Gasteiger partial charge in [-0.05, 0) is 47.9 Å². The number of nitriles is 1. The van der Waals surface area contributed by atoms with Crippen LogP contribution in [0.25, 0.3) is 0 Å². The predicted molar refractivity (Wildman–Crippen MR) is 78.0 cm³/mol. The van der Waals surface area contributed by atoms with Gasteiger partial charge in [-0.2, -0.15) is 5.26 Å². The first-order chi connectivity index (χ1) is 10.2. The van der Waals surface area contributed by atoms with Gasteiger partial charge in [-0.15, -0.1) is 0 Å². The number of nitrogens with zero attached hydrogens (tertiary/aromatic N) is 1. The molecule has 0 N–H and O–H groups in total. The van der Waals surface area contributed by atoms with Crippen molar-refractivity contribution in [3.63, 3.8) is 0 Å². The highest BCUT2D eigenvalue weighted by Crippen LogP contribution is 2.28. The van der Waals surface area contributed by atoms with Gasteiger partial charge in [-0.25, -0.2) is 4.39 Å². The molecule has 0 fully saturated rings. The fourth-order valence-electron chi connectivity index (χ4n) is 2.20. The lowest BCUT2D eigenvalue weighted by atomic mass is 9.92. The minimum atomic E-state index is -0.369. The number of benzene rings is 2. The first-order valence-corrected chi connectivity index (χ1v) is 6.54. The molecule has 2 rings (SSSR count). The van der Waals surface area contributed by atoms with Crippen LogP contribution >= 0.6 is 0 Å². The van der Waals surface area contributed by atoms with E-state index in [1.54, 1.807) is 13.2 Å². The van der Waals surface area contributed by atoms with E-state index < -0.39 is 0 Å². The van der Waals surface area contributed by atoms with E-state index in [0.717, 1.165) is 11.3 Å². The van der Waals surface area contributed by atoms with Crippen LogP contribution in [0.5, 0.6) is 11.5 Å². The predicted octanol–water partition coefficient (Wildman–Crippen LogP) is 3.69. The Morgan fingerprint density at radius 3 is 2.38 bits per heavy atom. The second kappa shape index (κ2) is 6.76. The zero-order valence-corrected chi connectivity index (χ0v) is 12.0. The van der Waals surface area contributed by atoms with E-state index in [0.29, 0.717) is 17.7 Å². The number of methoxy groups -OCH3 is 2. The van der Waals surface area contributed by atoms with Crippen molar-refractivity contribution >= 4 is 0 Å². The molecule has 1 atom stereocenters. The molecule has 0 aliphatic carbocycles. The third-order valence-corrected chi connectivity index (χ3v) is 3.34. The van der Waals surface area contributed by atoms with Gasteiger partial charge in [-0.1, -0.05) is 12.1 Å². The number of hydrogen-bond acceptors (Lipinski definition) is 3. The molecule has 1 unspecified atom stereocenters. The Bertz CT molecular complexity index is 647. The highest BCUT2D eigenvalue weighted by atomic mass is 19.1. The lowest BCUT2D eigenvalue weighted by Crippen LogP contribution is -2.03. The Labute approximate surface area is 123 Å². The molecule has 0 spiro atoms. The SMILES string of the molecule is COc1ccc(C(C#N)Cc2cc(F)ccc2OC)cc1. The molecule has 4 heteroatoms. The maximum absolute atomic E-state index is 13.4. The summed E-state index contributed by atoms with van der Waals surface area (Å²) >= 11 is 0. The summed E-state index contributed by atoms with van der Waals surface area (Å²) < 4.78 is 23.7. The molecule has 2 aromatic rings. The molecule has 0 heterocycles. The molecular formula is C17H16FNO2. The third-order valence-electron chi connectivity index (χ3n) is 3.34. The maximum Gasteiger partial charge on any atom is 0.123 e. The summed E-state index contributed by atoms with van der Waals surface area (Å²) in [5.74, 6) is 0.618. The topological polar surface area (TPSA) is 42.2 Å². The maximum atomic E-state index is 13.4. The van der Waals surface area contributed by atoms with Crippen LogP contribution in [0, 0.1) is 17.1 Å². The van der Waals surface area contributed by atoms with Crippen molar-refractivity contribution in [1.29, 1.82) is 5.26 Å². The molecule has 0 saturated heterocycles. The standard InChI is InChI=1S/C17H16FNO2/c1-20-16-6-3-12(4-7-16)14(11-19)9-13-10-15(18)5-8-17(13)21-2/h3-8,10,14H,9H2,1-2H3. The molecule has 21 heavy (non-hydrogen) atoms. The first kappa shape index (κ1) is 14.9. The Hall–Kier alpha value is -2.54. The van der Waals surface area contributed by atoms with Crippen LogP contribution in [0.3, 0.4) is 0 Å². The van der Waals surface area contributed by atoms with Gasteiger partial charge in [0, 0.05) is 0 Å². The number of halogens is 1. The molecular weight excluding hydrogens is 269 g/mol. The molecule has 2 aromatic carbocycles. The van der Waals surface area contributed by atoms with E-state index in [2.05, 4.69) is 6.07 Å². The monoisotopic (exact) mass is 285 g/mol. The van der Waals surface area contributed by atoms with Crippen LogP contribution in [0.4, 0.5) is 4.39 Å². The van der Waals surface area contributed by atoms with Crippen molar-refractivity contribution in [2.24, 2.45) is 0 Å². The van der Waals surface area contributed by atoms with E-state index >= 15 is 0 Å². The molecule has 0 bridgehead atoms. The van der Waals surface area contributed by atoms with Crippen molar-refractivity contribution < 1.29 is 13.9 Å². The molecule has 0 saturated carbocycles. The van der Waals surface area contributed by atoms with Crippen LogP contribution in [0.1, 0.15) is 17.0 Å². The Kier molecular flexibility index (Phi) is 4.78. The third kappa shape index (κ3) is 3.51. The second-order valence-corrected chi connectivity index (χ2v) is 4.62. The van der Waals surface area contributed by atoms with Gasteiger partial charge in [0.25, 0.3) is 0 Å². The second-order valence-electron chi connectivity index (χ2n) is 4.62. The van der Waals surface area contributed by atoms with Crippen LogP contribution in [-0.2, 0) is 6.42 Å². The Morgan fingerprint density at radius 2 is 1.81 bits per heavy atom. The fraction of sp³-hybridized carbons (Fsp3) is 0.235. The molecule has 0 aliphatic heterocycles. The minimum absolute atomic E-state index is 0.336. The van der Waals surface area contributed by atoms with Crippen molar-refractivity contribution in [2.75, 3.05) is 14.2 Å².